The predicted octanol–water partition coefficient (Wildman–Crippen LogP) is 0.891. The van der Waals surface area contributed by atoms with E-state index in [1.165, 1.54) is 16.6 Å². The molecule has 2 aliphatic heterocycles. The molecule has 5 rings (SSSR count). The molecule has 0 bridgehead atoms. The number of pyridine rings is 1. The van der Waals surface area contributed by atoms with Gasteiger partial charge in [0.15, 0.2) is 0 Å². The highest BCUT2D eigenvalue weighted by Gasteiger charge is 2.40. The topological polar surface area (TPSA) is 105 Å². The van der Waals surface area contributed by atoms with Gasteiger partial charge in [0.1, 0.15) is 29.5 Å². The standard InChI is InChI=1S/C22H24FN7O3/c1-3-14-8-19-29(12-18(31)25-17-5-4-13(23)9-24-17)20-16(21(32)30(19)26-14)11-28(22(20)33)15-6-7-27(2)10-15/h4-5,8-9,15H,3,6-7,10-12H2,1-2H3,(H,24,25,31). The molecular formula is C22H24FN7O3. The van der Waals surface area contributed by atoms with Crippen LogP contribution in [0.15, 0.2) is 29.2 Å². The third-order valence-corrected chi connectivity index (χ3v) is 6.28. The minimum absolute atomic E-state index is 0.0125. The van der Waals surface area contributed by atoms with E-state index in [4.69, 9.17) is 0 Å². The molecule has 1 fully saturated rings. The number of halogens is 1. The zero-order valence-corrected chi connectivity index (χ0v) is 18.4. The number of hydrogen-bond acceptors (Lipinski definition) is 6. The third kappa shape index (κ3) is 3.67. The SMILES string of the molecule is CCc1cc2n(CC(=O)Nc3ccc(F)cn3)c3c(c(=O)n2n1)CN(C1CCN(C)C1)C3=O. The fourth-order valence-corrected chi connectivity index (χ4v) is 4.60. The van der Waals surface area contributed by atoms with Gasteiger partial charge in [-0.25, -0.2) is 9.37 Å². The molecule has 10 nitrogen and oxygen atoms in total. The molecule has 1 atom stereocenters. The average molecular weight is 453 g/mol. The van der Waals surface area contributed by atoms with Crippen LogP contribution in [0.25, 0.3) is 5.65 Å². The molecule has 5 heterocycles. The van der Waals surface area contributed by atoms with Gasteiger partial charge in [-0.3, -0.25) is 14.4 Å². The van der Waals surface area contributed by atoms with Crippen molar-refractivity contribution in [2.45, 2.75) is 38.9 Å². The lowest BCUT2D eigenvalue weighted by Gasteiger charge is -2.23. The second-order valence-corrected chi connectivity index (χ2v) is 8.53. The van der Waals surface area contributed by atoms with Gasteiger partial charge >= 0.3 is 0 Å². The molecule has 0 aromatic carbocycles. The van der Waals surface area contributed by atoms with Crippen LogP contribution in [0.1, 0.15) is 35.1 Å². The minimum atomic E-state index is -0.512. The van der Waals surface area contributed by atoms with Crippen molar-refractivity contribution in [2.75, 3.05) is 25.5 Å². The van der Waals surface area contributed by atoms with E-state index in [-0.39, 0.29) is 42.1 Å². The fourth-order valence-electron chi connectivity index (χ4n) is 4.60. The number of aryl methyl sites for hydroxylation is 1. The Hall–Kier alpha value is -3.60. The summed E-state index contributed by atoms with van der Waals surface area (Å²) < 4.78 is 16.0. The normalized spacial score (nSPS) is 18.3. The maximum absolute atomic E-state index is 13.5. The summed E-state index contributed by atoms with van der Waals surface area (Å²) in [4.78, 5) is 47.3. The molecular weight excluding hydrogens is 429 g/mol. The van der Waals surface area contributed by atoms with Crippen molar-refractivity contribution in [2.24, 2.45) is 0 Å². The number of nitrogens with zero attached hydrogens (tertiary/aromatic N) is 6. The first kappa shape index (κ1) is 21.3. The molecule has 1 saturated heterocycles. The second kappa shape index (κ2) is 8.07. The van der Waals surface area contributed by atoms with Crippen LogP contribution in [0, 0.1) is 5.82 Å². The molecule has 3 aromatic heterocycles. The van der Waals surface area contributed by atoms with E-state index in [1.54, 1.807) is 15.5 Å². The Labute approximate surface area is 188 Å². The predicted molar refractivity (Wildman–Crippen MR) is 117 cm³/mol. The Bertz CT molecular complexity index is 1310. The first-order chi connectivity index (χ1) is 15.9. The Morgan fingerprint density at radius 3 is 2.79 bits per heavy atom. The van der Waals surface area contributed by atoms with Crippen molar-refractivity contribution in [1.82, 2.24) is 29.0 Å². The van der Waals surface area contributed by atoms with E-state index in [0.717, 1.165) is 25.7 Å². The zero-order valence-electron chi connectivity index (χ0n) is 18.4. The van der Waals surface area contributed by atoms with Gasteiger partial charge in [0.2, 0.25) is 5.91 Å². The van der Waals surface area contributed by atoms with Crippen LogP contribution < -0.4 is 10.9 Å². The first-order valence-corrected chi connectivity index (χ1v) is 10.9. The van der Waals surface area contributed by atoms with Gasteiger partial charge in [-0.05, 0) is 38.6 Å². The van der Waals surface area contributed by atoms with E-state index < -0.39 is 11.7 Å². The maximum Gasteiger partial charge on any atom is 0.280 e. The van der Waals surface area contributed by atoms with E-state index >= 15 is 0 Å². The number of carbonyl (C=O) groups excluding carboxylic acids is 2. The van der Waals surface area contributed by atoms with E-state index in [9.17, 15) is 18.8 Å². The number of fused-ring (bicyclic) bond motifs is 2. The number of aromatic nitrogens is 4. The van der Waals surface area contributed by atoms with Crippen LogP contribution >= 0.6 is 0 Å². The van der Waals surface area contributed by atoms with Crippen molar-refractivity contribution < 1.29 is 14.0 Å². The van der Waals surface area contributed by atoms with Gasteiger partial charge < -0.3 is 19.7 Å². The molecule has 11 heteroatoms. The van der Waals surface area contributed by atoms with Crippen LogP contribution in [0.2, 0.25) is 0 Å². The third-order valence-electron chi connectivity index (χ3n) is 6.28. The number of anilines is 1. The summed E-state index contributed by atoms with van der Waals surface area (Å²) in [5.74, 6) is -1.02. The number of rotatable bonds is 5. The Kier molecular flexibility index (Phi) is 5.20. The van der Waals surface area contributed by atoms with Gasteiger partial charge in [0.05, 0.1) is 24.0 Å². The van der Waals surface area contributed by atoms with Crippen LogP contribution in [0.3, 0.4) is 0 Å². The van der Waals surface area contributed by atoms with Crippen molar-refractivity contribution in [1.29, 1.82) is 0 Å². The lowest BCUT2D eigenvalue weighted by molar-refractivity contribution is -0.116. The highest BCUT2D eigenvalue weighted by Crippen LogP contribution is 2.27. The van der Waals surface area contributed by atoms with Crippen LogP contribution in [-0.4, -0.2) is 67.0 Å². The van der Waals surface area contributed by atoms with Gasteiger partial charge in [0, 0.05) is 18.7 Å². The number of likely N-dealkylation sites (N-methyl/N-ethyl adjacent to an activating group) is 1. The molecule has 172 valence electrons. The Balaban J connectivity index is 1.55. The summed E-state index contributed by atoms with van der Waals surface area (Å²) >= 11 is 0. The molecule has 0 spiro atoms. The van der Waals surface area contributed by atoms with Gasteiger partial charge in [-0.1, -0.05) is 6.92 Å². The first-order valence-electron chi connectivity index (χ1n) is 10.9. The summed E-state index contributed by atoms with van der Waals surface area (Å²) in [6, 6.07) is 4.29. The highest BCUT2D eigenvalue weighted by atomic mass is 19.1. The molecule has 1 N–H and O–H groups in total. The maximum atomic E-state index is 13.5. The van der Waals surface area contributed by atoms with E-state index in [2.05, 4.69) is 20.3 Å². The quantitative estimate of drug-likeness (QED) is 0.615. The minimum Gasteiger partial charge on any atom is -0.328 e. The van der Waals surface area contributed by atoms with Crippen molar-refractivity contribution in [3.63, 3.8) is 0 Å². The molecule has 3 aromatic rings. The van der Waals surface area contributed by atoms with E-state index in [0.29, 0.717) is 23.3 Å². The lowest BCUT2D eigenvalue weighted by atomic mass is 10.2. The Morgan fingerprint density at radius 2 is 2.12 bits per heavy atom. The number of carbonyl (C=O) groups is 2. The Morgan fingerprint density at radius 1 is 1.30 bits per heavy atom. The molecule has 2 amide bonds. The van der Waals surface area contributed by atoms with Gasteiger partial charge in [0.25, 0.3) is 11.5 Å². The average Bonchev–Trinajstić information content (AvgIpc) is 3.50. The smallest absolute Gasteiger partial charge is 0.280 e. The summed E-state index contributed by atoms with van der Waals surface area (Å²) in [7, 11) is 2.00. The van der Waals surface area contributed by atoms with Crippen molar-refractivity contribution in [3.8, 4) is 0 Å². The summed E-state index contributed by atoms with van der Waals surface area (Å²) in [5, 5.41) is 7.01. The van der Waals surface area contributed by atoms with Crippen LogP contribution in [0.5, 0.6) is 0 Å². The second-order valence-electron chi connectivity index (χ2n) is 8.53. The lowest BCUT2D eigenvalue weighted by Crippen LogP contribution is -2.38. The monoisotopic (exact) mass is 453 g/mol. The molecule has 0 aliphatic carbocycles. The van der Waals surface area contributed by atoms with Crippen molar-refractivity contribution >= 4 is 23.3 Å². The molecule has 1 unspecified atom stereocenters. The molecule has 2 aliphatic rings. The fraction of sp³-hybridized carbons (Fsp3) is 0.409. The zero-order chi connectivity index (χ0) is 23.3. The number of amides is 2. The summed E-state index contributed by atoms with van der Waals surface area (Å²) in [6.45, 7) is 3.52. The van der Waals surface area contributed by atoms with Gasteiger partial charge in [-0.2, -0.15) is 9.61 Å². The number of nitrogens with one attached hydrogen (secondary N) is 1. The summed E-state index contributed by atoms with van der Waals surface area (Å²) in [5.41, 5.74) is 1.31. The summed E-state index contributed by atoms with van der Waals surface area (Å²) in [6.07, 6.45) is 2.44. The highest BCUT2D eigenvalue weighted by molar-refractivity contribution is 5.98. The molecule has 33 heavy (non-hydrogen) atoms. The number of likely N-dealkylation sites (tertiary alicyclic amines) is 1. The van der Waals surface area contributed by atoms with Crippen molar-refractivity contribution in [3.05, 3.63) is 57.5 Å². The van der Waals surface area contributed by atoms with Gasteiger partial charge in [-0.15, -0.1) is 0 Å². The van der Waals surface area contributed by atoms with Crippen LogP contribution in [-0.2, 0) is 24.3 Å². The van der Waals surface area contributed by atoms with E-state index in [1.807, 2.05) is 14.0 Å². The molecule has 0 radical (unpaired) electrons. The number of hydrogen-bond donors (Lipinski definition) is 1. The largest absolute Gasteiger partial charge is 0.328 e. The molecule has 0 saturated carbocycles. The van der Waals surface area contributed by atoms with Crippen LogP contribution in [0.4, 0.5) is 10.2 Å².